The Balaban J connectivity index is 1.53. The molecule has 0 saturated carbocycles. The number of nitrogens with zero attached hydrogens (tertiary/aromatic N) is 4. The molecular weight excluding hydrogens is 463 g/mol. The maximum absolute atomic E-state index is 13.9. The third-order valence-electron chi connectivity index (χ3n) is 5.77. The van der Waals surface area contributed by atoms with E-state index in [4.69, 9.17) is 16.3 Å². The molecule has 0 aliphatic carbocycles. The number of rotatable bonds is 3. The first-order valence-electron chi connectivity index (χ1n) is 10.6. The highest BCUT2D eigenvalue weighted by Crippen LogP contribution is 2.43. The van der Waals surface area contributed by atoms with Gasteiger partial charge < -0.3 is 19.9 Å². The number of anilines is 1. The molecular formula is C21H23ClF3N5O3. The molecule has 0 spiro atoms. The van der Waals surface area contributed by atoms with Crippen molar-refractivity contribution in [3.8, 4) is 0 Å². The molecule has 2 amide bonds. The molecule has 2 aliphatic rings. The van der Waals surface area contributed by atoms with Gasteiger partial charge in [0, 0.05) is 43.7 Å². The average Bonchev–Trinajstić information content (AvgIpc) is 3.22. The van der Waals surface area contributed by atoms with E-state index in [-0.39, 0.29) is 50.7 Å². The normalized spacial score (nSPS) is 20.8. The number of halogens is 4. The highest BCUT2D eigenvalue weighted by Gasteiger charge is 2.47. The zero-order valence-electron chi connectivity index (χ0n) is 17.8. The van der Waals surface area contributed by atoms with Gasteiger partial charge in [0.1, 0.15) is 5.82 Å². The predicted octanol–water partition coefficient (Wildman–Crippen LogP) is 4.11. The zero-order chi connectivity index (χ0) is 23.8. The maximum Gasteiger partial charge on any atom is 0.410 e. The molecule has 178 valence electrons. The van der Waals surface area contributed by atoms with Crippen molar-refractivity contribution >= 4 is 29.4 Å². The van der Waals surface area contributed by atoms with Gasteiger partial charge in [-0.05, 0) is 24.6 Å². The Kier molecular flexibility index (Phi) is 6.42. The lowest BCUT2D eigenvalue weighted by molar-refractivity contribution is -0.173. The SMILES string of the molecule is CCOC(=O)N1CCN(C(=O)c2cc3n(n2)[C@H](C(F)(F)F)C[C@@H](c2ccc(Cl)cc2)N3)CC1. The van der Waals surface area contributed by atoms with E-state index in [0.29, 0.717) is 10.6 Å². The Bertz CT molecular complexity index is 1020. The predicted molar refractivity (Wildman–Crippen MR) is 114 cm³/mol. The van der Waals surface area contributed by atoms with E-state index in [1.165, 1.54) is 15.9 Å². The number of piperazine rings is 1. The molecule has 1 aromatic heterocycles. The number of hydrogen-bond acceptors (Lipinski definition) is 5. The average molecular weight is 486 g/mol. The summed E-state index contributed by atoms with van der Waals surface area (Å²) in [7, 11) is 0. The molecule has 0 bridgehead atoms. The number of aromatic nitrogens is 2. The summed E-state index contributed by atoms with van der Waals surface area (Å²) in [5, 5.41) is 7.57. The molecule has 2 aliphatic heterocycles. The van der Waals surface area contributed by atoms with E-state index < -0.39 is 30.3 Å². The lowest BCUT2D eigenvalue weighted by Crippen LogP contribution is -2.50. The van der Waals surface area contributed by atoms with Gasteiger partial charge in [0.2, 0.25) is 0 Å². The molecule has 0 unspecified atom stereocenters. The molecule has 8 nitrogen and oxygen atoms in total. The fraction of sp³-hybridized carbons (Fsp3) is 0.476. The van der Waals surface area contributed by atoms with Crippen LogP contribution in [0.5, 0.6) is 0 Å². The van der Waals surface area contributed by atoms with E-state index >= 15 is 0 Å². The highest BCUT2D eigenvalue weighted by molar-refractivity contribution is 6.30. The lowest BCUT2D eigenvalue weighted by Gasteiger charge is -2.33. The fourth-order valence-electron chi connectivity index (χ4n) is 4.06. The Morgan fingerprint density at radius 1 is 1.15 bits per heavy atom. The van der Waals surface area contributed by atoms with Gasteiger partial charge in [-0.1, -0.05) is 23.7 Å². The first-order chi connectivity index (χ1) is 15.7. The Labute approximate surface area is 193 Å². The van der Waals surface area contributed by atoms with Crippen molar-refractivity contribution in [3.63, 3.8) is 0 Å². The van der Waals surface area contributed by atoms with Gasteiger partial charge in [0.15, 0.2) is 11.7 Å². The first kappa shape index (κ1) is 23.2. The monoisotopic (exact) mass is 485 g/mol. The number of hydrogen-bond donors (Lipinski definition) is 1. The minimum Gasteiger partial charge on any atom is -0.450 e. The van der Waals surface area contributed by atoms with Crippen LogP contribution in [-0.4, -0.2) is 70.5 Å². The van der Waals surface area contributed by atoms with Crippen LogP contribution in [0.15, 0.2) is 30.3 Å². The Morgan fingerprint density at radius 2 is 1.79 bits per heavy atom. The summed E-state index contributed by atoms with van der Waals surface area (Å²) in [6.07, 6.45) is -5.27. The zero-order valence-corrected chi connectivity index (χ0v) is 18.6. The van der Waals surface area contributed by atoms with Crippen LogP contribution in [0.2, 0.25) is 5.02 Å². The number of nitrogens with one attached hydrogen (secondary N) is 1. The van der Waals surface area contributed by atoms with E-state index in [0.717, 1.165) is 4.68 Å². The summed E-state index contributed by atoms with van der Waals surface area (Å²) in [6, 6.07) is 5.45. The fourth-order valence-corrected chi connectivity index (χ4v) is 4.19. The van der Waals surface area contributed by atoms with Gasteiger partial charge in [0.25, 0.3) is 5.91 Å². The second-order valence-corrected chi connectivity index (χ2v) is 8.32. The van der Waals surface area contributed by atoms with Crippen molar-refractivity contribution in [1.82, 2.24) is 19.6 Å². The van der Waals surface area contributed by atoms with Crippen molar-refractivity contribution in [2.75, 3.05) is 38.1 Å². The number of alkyl halides is 3. The number of ether oxygens (including phenoxy) is 1. The Morgan fingerprint density at radius 3 is 2.39 bits per heavy atom. The third kappa shape index (κ3) is 4.87. The van der Waals surface area contributed by atoms with E-state index in [2.05, 4.69) is 10.4 Å². The van der Waals surface area contributed by atoms with Crippen molar-refractivity contribution < 1.29 is 27.5 Å². The number of amides is 2. The minimum absolute atomic E-state index is 0.0758. The molecule has 2 aromatic rings. The summed E-state index contributed by atoms with van der Waals surface area (Å²) < 4.78 is 47.4. The second kappa shape index (κ2) is 9.12. The molecule has 0 radical (unpaired) electrons. The largest absolute Gasteiger partial charge is 0.450 e. The van der Waals surface area contributed by atoms with Crippen LogP contribution >= 0.6 is 11.6 Å². The molecule has 3 heterocycles. The Hall–Kier alpha value is -2.95. The van der Waals surface area contributed by atoms with Gasteiger partial charge in [-0.25, -0.2) is 9.48 Å². The van der Waals surface area contributed by atoms with Gasteiger partial charge >= 0.3 is 12.3 Å². The second-order valence-electron chi connectivity index (χ2n) is 7.88. The molecule has 2 atom stereocenters. The third-order valence-corrected chi connectivity index (χ3v) is 6.03. The first-order valence-corrected chi connectivity index (χ1v) is 10.9. The van der Waals surface area contributed by atoms with E-state index in [1.807, 2.05) is 0 Å². The molecule has 1 N–H and O–H groups in total. The van der Waals surface area contributed by atoms with Gasteiger partial charge in [-0.3, -0.25) is 4.79 Å². The van der Waals surface area contributed by atoms with Crippen molar-refractivity contribution in [1.29, 1.82) is 0 Å². The van der Waals surface area contributed by atoms with Crippen LogP contribution in [0.25, 0.3) is 0 Å². The van der Waals surface area contributed by atoms with Gasteiger partial charge in [-0.2, -0.15) is 18.3 Å². The van der Waals surface area contributed by atoms with Crippen LogP contribution in [0, 0.1) is 0 Å². The minimum atomic E-state index is -4.54. The molecule has 12 heteroatoms. The number of benzene rings is 1. The summed E-state index contributed by atoms with van der Waals surface area (Å²) in [4.78, 5) is 27.8. The van der Waals surface area contributed by atoms with E-state index in [9.17, 15) is 22.8 Å². The number of carbonyl (C=O) groups is 2. The summed E-state index contributed by atoms with van der Waals surface area (Å²) in [5.41, 5.74) is 0.581. The van der Waals surface area contributed by atoms with Crippen LogP contribution < -0.4 is 5.32 Å². The van der Waals surface area contributed by atoms with Crippen molar-refractivity contribution in [3.05, 3.63) is 46.6 Å². The molecule has 4 rings (SSSR count). The van der Waals surface area contributed by atoms with Crippen LogP contribution in [0.3, 0.4) is 0 Å². The smallest absolute Gasteiger partial charge is 0.410 e. The quantitative estimate of drug-likeness (QED) is 0.707. The van der Waals surface area contributed by atoms with Gasteiger partial charge in [0.05, 0.1) is 12.6 Å². The molecule has 33 heavy (non-hydrogen) atoms. The molecule has 1 saturated heterocycles. The van der Waals surface area contributed by atoms with Crippen LogP contribution in [0.4, 0.5) is 23.8 Å². The van der Waals surface area contributed by atoms with Crippen molar-refractivity contribution in [2.45, 2.75) is 31.6 Å². The van der Waals surface area contributed by atoms with Crippen molar-refractivity contribution in [2.24, 2.45) is 0 Å². The van der Waals surface area contributed by atoms with Gasteiger partial charge in [-0.15, -0.1) is 0 Å². The summed E-state index contributed by atoms with van der Waals surface area (Å²) in [5.74, 6) is -0.358. The summed E-state index contributed by atoms with van der Waals surface area (Å²) in [6.45, 7) is 2.99. The summed E-state index contributed by atoms with van der Waals surface area (Å²) >= 11 is 5.90. The molecule has 1 fully saturated rings. The number of carbonyl (C=O) groups excluding carboxylic acids is 2. The van der Waals surface area contributed by atoms with Crippen LogP contribution in [0.1, 0.15) is 41.5 Å². The topological polar surface area (TPSA) is 79.7 Å². The molecule has 1 aromatic carbocycles. The van der Waals surface area contributed by atoms with Crippen LogP contribution in [-0.2, 0) is 4.74 Å². The highest BCUT2D eigenvalue weighted by atomic mass is 35.5. The standard InChI is InChI=1S/C21H23ClF3N5O3/c1-2-33-20(32)29-9-7-28(8-10-29)19(31)16-12-18-26-15(13-3-5-14(22)6-4-13)11-17(21(23,24)25)30(18)27-16/h3-6,12,15,17,26H,2,7-11H2,1H3/t15-,17-/m0/s1. The van der Waals surface area contributed by atoms with E-state index in [1.54, 1.807) is 31.2 Å². The number of fused-ring (bicyclic) bond motifs is 1. The maximum atomic E-state index is 13.9. The lowest BCUT2D eigenvalue weighted by atomic mass is 9.97.